The fourth-order valence-electron chi connectivity index (χ4n) is 3.04. The number of ether oxygens (including phenoxy) is 1. The van der Waals surface area contributed by atoms with E-state index in [4.69, 9.17) is 10.00 Å². The molecule has 23 heavy (non-hydrogen) atoms. The topological polar surface area (TPSA) is 120 Å². The maximum atomic E-state index is 12.3. The van der Waals surface area contributed by atoms with Gasteiger partial charge in [-0.25, -0.2) is 4.79 Å². The Bertz CT molecular complexity index is 635. The van der Waals surface area contributed by atoms with Gasteiger partial charge in [0.1, 0.15) is 23.5 Å². The van der Waals surface area contributed by atoms with Crippen molar-refractivity contribution in [2.24, 2.45) is 0 Å². The van der Waals surface area contributed by atoms with Gasteiger partial charge >= 0.3 is 5.97 Å². The van der Waals surface area contributed by atoms with E-state index in [1.54, 1.807) is 6.07 Å². The molecule has 0 aromatic heterocycles. The van der Waals surface area contributed by atoms with Gasteiger partial charge in [-0.1, -0.05) is 0 Å². The average molecular weight is 337 g/mol. The number of β-lactam (4-membered cyclic amide) rings is 1. The van der Waals surface area contributed by atoms with Crippen molar-refractivity contribution < 1.29 is 24.2 Å². The van der Waals surface area contributed by atoms with Crippen LogP contribution in [0.15, 0.2) is 11.3 Å². The van der Waals surface area contributed by atoms with E-state index in [1.807, 2.05) is 0 Å². The van der Waals surface area contributed by atoms with Crippen molar-refractivity contribution in [3.63, 3.8) is 0 Å². The summed E-state index contributed by atoms with van der Waals surface area (Å²) in [7, 11) is 0. The van der Waals surface area contributed by atoms with Crippen molar-refractivity contribution >= 4 is 29.5 Å². The number of amides is 2. The number of hydrogen-bond acceptors (Lipinski definition) is 6. The van der Waals surface area contributed by atoms with Crippen LogP contribution in [0.5, 0.6) is 0 Å². The second-order valence-corrected chi connectivity index (χ2v) is 6.58. The Labute approximate surface area is 136 Å². The highest BCUT2D eigenvalue weighted by atomic mass is 32.2. The van der Waals surface area contributed by atoms with Crippen molar-refractivity contribution in [3.8, 4) is 6.07 Å². The minimum atomic E-state index is -1.16. The molecule has 3 rings (SSSR count). The molecule has 3 aliphatic heterocycles. The molecule has 0 unspecified atom stereocenters. The highest BCUT2D eigenvalue weighted by molar-refractivity contribution is 8.00. The van der Waals surface area contributed by atoms with Crippen LogP contribution >= 0.6 is 11.8 Å². The first-order valence-electron chi connectivity index (χ1n) is 7.23. The number of nitriles is 1. The summed E-state index contributed by atoms with van der Waals surface area (Å²) in [5.41, 5.74) is 0.614. The largest absolute Gasteiger partial charge is 0.477 e. The monoisotopic (exact) mass is 337 g/mol. The van der Waals surface area contributed by atoms with Crippen LogP contribution in [0, 0.1) is 11.3 Å². The van der Waals surface area contributed by atoms with E-state index >= 15 is 0 Å². The second kappa shape index (κ2) is 6.22. The van der Waals surface area contributed by atoms with Crippen LogP contribution in [0.3, 0.4) is 0 Å². The number of thioether (sulfide) groups is 1. The van der Waals surface area contributed by atoms with Crippen molar-refractivity contribution in [3.05, 3.63) is 11.3 Å². The summed E-state index contributed by atoms with van der Waals surface area (Å²) in [5, 5.41) is 20.1. The highest BCUT2D eigenvalue weighted by Crippen LogP contribution is 2.42. The molecule has 0 radical (unpaired) electrons. The van der Waals surface area contributed by atoms with E-state index in [-0.39, 0.29) is 18.2 Å². The minimum absolute atomic E-state index is 0.0172. The Hall–Kier alpha value is -2.05. The molecule has 9 heteroatoms. The summed E-state index contributed by atoms with van der Waals surface area (Å²) >= 11 is 1.41. The molecule has 122 valence electrons. The zero-order chi connectivity index (χ0) is 16.6. The quantitative estimate of drug-likeness (QED) is 0.683. The summed E-state index contributed by atoms with van der Waals surface area (Å²) in [4.78, 5) is 36.6. The zero-order valence-corrected chi connectivity index (χ0v) is 13.0. The van der Waals surface area contributed by atoms with Gasteiger partial charge in [0.05, 0.1) is 12.2 Å². The molecule has 2 N–H and O–H groups in total. The van der Waals surface area contributed by atoms with E-state index in [1.165, 1.54) is 16.7 Å². The van der Waals surface area contributed by atoms with E-state index in [9.17, 15) is 19.5 Å². The maximum Gasteiger partial charge on any atom is 0.352 e. The number of carboxylic acid groups (broad SMARTS) is 1. The number of carboxylic acids is 1. The Morgan fingerprint density at radius 2 is 2.30 bits per heavy atom. The van der Waals surface area contributed by atoms with Crippen molar-refractivity contribution in [2.45, 2.75) is 36.8 Å². The molecule has 2 saturated heterocycles. The zero-order valence-electron chi connectivity index (χ0n) is 12.2. The van der Waals surface area contributed by atoms with Gasteiger partial charge < -0.3 is 15.2 Å². The fraction of sp³-hybridized carbons (Fsp3) is 0.571. The van der Waals surface area contributed by atoms with Crippen molar-refractivity contribution in [1.29, 1.82) is 5.26 Å². The number of fused-ring (bicyclic) bond motifs is 1. The predicted octanol–water partition coefficient (Wildman–Crippen LogP) is -0.182. The molecule has 0 saturated carbocycles. The molecule has 0 aromatic carbocycles. The summed E-state index contributed by atoms with van der Waals surface area (Å²) < 4.78 is 5.56. The van der Waals surface area contributed by atoms with Crippen LogP contribution in [0.1, 0.15) is 19.3 Å². The number of nitrogens with zero attached hydrogens (tertiary/aromatic N) is 2. The lowest BCUT2D eigenvalue weighted by Crippen LogP contribution is -2.70. The molecule has 3 atom stereocenters. The summed E-state index contributed by atoms with van der Waals surface area (Å²) in [6.07, 6.45) is 1.04. The third kappa shape index (κ3) is 2.68. The van der Waals surface area contributed by atoms with Gasteiger partial charge in [-0.15, -0.1) is 11.8 Å². The van der Waals surface area contributed by atoms with Gasteiger partial charge in [0, 0.05) is 12.4 Å². The number of aliphatic carboxylic acids is 1. The number of hydrogen-bond donors (Lipinski definition) is 2. The Balaban J connectivity index is 1.81. The fourth-order valence-corrected chi connectivity index (χ4v) is 4.45. The lowest BCUT2D eigenvalue weighted by Gasteiger charge is -2.49. The smallest absolute Gasteiger partial charge is 0.352 e. The molecule has 3 heterocycles. The lowest BCUT2D eigenvalue weighted by molar-refractivity contribution is -0.150. The highest BCUT2D eigenvalue weighted by Gasteiger charge is 2.54. The third-order valence-corrected chi connectivity index (χ3v) is 5.38. The Kier molecular flexibility index (Phi) is 4.28. The van der Waals surface area contributed by atoms with Crippen LogP contribution in [-0.4, -0.2) is 57.7 Å². The summed E-state index contributed by atoms with van der Waals surface area (Å²) in [6, 6.07) is 0.939. The SMILES string of the molecule is N#CCC(=O)N[C@@H]1C(=O)N2C(C(=O)O)=C([C@@H]3CCCO3)CS[C@H]12. The average Bonchev–Trinajstić information content (AvgIpc) is 3.05. The normalized spacial score (nSPS) is 29.6. The third-order valence-electron chi connectivity index (χ3n) is 4.07. The van der Waals surface area contributed by atoms with Crippen molar-refractivity contribution in [2.75, 3.05) is 12.4 Å². The van der Waals surface area contributed by atoms with Crippen LogP contribution in [0.2, 0.25) is 0 Å². The van der Waals surface area contributed by atoms with E-state index in [2.05, 4.69) is 5.32 Å². The first-order chi connectivity index (χ1) is 11.0. The van der Waals surface area contributed by atoms with Gasteiger partial charge in [-0.05, 0) is 18.4 Å². The summed E-state index contributed by atoms with van der Waals surface area (Å²) in [6.45, 7) is 0.593. The molecule has 0 bridgehead atoms. The van der Waals surface area contributed by atoms with E-state index in [0.717, 1.165) is 12.8 Å². The molecule has 2 amide bonds. The van der Waals surface area contributed by atoms with Gasteiger partial charge in [0.25, 0.3) is 5.91 Å². The van der Waals surface area contributed by atoms with Gasteiger partial charge in [0.15, 0.2) is 0 Å². The molecular weight excluding hydrogens is 322 g/mol. The maximum absolute atomic E-state index is 12.3. The Morgan fingerprint density at radius 1 is 1.52 bits per heavy atom. The number of carbonyl (C=O) groups excluding carboxylic acids is 2. The number of nitrogens with one attached hydrogen (secondary N) is 1. The molecule has 0 aromatic rings. The van der Waals surface area contributed by atoms with Gasteiger partial charge in [0.2, 0.25) is 5.91 Å². The van der Waals surface area contributed by atoms with Gasteiger partial charge in [-0.3, -0.25) is 14.5 Å². The van der Waals surface area contributed by atoms with Crippen LogP contribution in [0.4, 0.5) is 0 Å². The van der Waals surface area contributed by atoms with E-state index < -0.39 is 29.2 Å². The molecule has 0 spiro atoms. The minimum Gasteiger partial charge on any atom is -0.477 e. The van der Waals surface area contributed by atoms with Gasteiger partial charge in [-0.2, -0.15) is 5.26 Å². The first-order valence-corrected chi connectivity index (χ1v) is 8.28. The Morgan fingerprint density at radius 3 is 2.91 bits per heavy atom. The molecule has 3 aliphatic rings. The number of carbonyl (C=O) groups is 3. The predicted molar refractivity (Wildman–Crippen MR) is 78.9 cm³/mol. The van der Waals surface area contributed by atoms with Crippen LogP contribution in [0.25, 0.3) is 0 Å². The number of rotatable bonds is 4. The molecule has 2 fully saturated rings. The molecular formula is C14H15N3O5S. The van der Waals surface area contributed by atoms with E-state index in [0.29, 0.717) is 17.9 Å². The van der Waals surface area contributed by atoms with Crippen LogP contribution < -0.4 is 5.32 Å². The van der Waals surface area contributed by atoms with Crippen LogP contribution in [-0.2, 0) is 19.1 Å². The standard InChI is InChI=1S/C14H15N3O5S/c15-4-3-9(18)16-10-12(19)17-11(14(20)21)7(6-23-13(10)17)8-2-1-5-22-8/h8,10,13H,1-3,5-6H2,(H,16,18)(H,20,21)/t8-,10+,13+/m0/s1. The first kappa shape index (κ1) is 15.8. The second-order valence-electron chi connectivity index (χ2n) is 5.47. The lowest BCUT2D eigenvalue weighted by atomic mass is 9.99. The van der Waals surface area contributed by atoms with Crippen molar-refractivity contribution in [1.82, 2.24) is 10.2 Å². The summed E-state index contributed by atoms with van der Waals surface area (Å²) in [5.74, 6) is -1.69. The molecule has 8 nitrogen and oxygen atoms in total. The molecule has 0 aliphatic carbocycles.